The molecule has 0 aliphatic carbocycles. The van der Waals surface area contributed by atoms with Gasteiger partial charge in [0.25, 0.3) is 0 Å². The van der Waals surface area contributed by atoms with Crippen molar-refractivity contribution < 1.29 is 28.6 Å². The molecule has 1 unspecified atom stereocenters. The number of carbonyl (C=O) groups excluding carboxylic acids is 3. The number of carbonyl (C=O) groups is 3. The number of esters is 3. The minimum absolute atomic E-state index is 0.101. The first-order chi connectivity index (χ1) is 40.5. The van der Waals surface area contributed by atoms with E-state index in [0.29, 0.717) is 19.3 Å². The van der Waals surface area contributed by atoms with Crippen molar-refractivity contribution in [3.63, 3.8) is 0 Å². The van der Waals surface area contributed by atoms with Crippen molar-refractivity contribution in [2.45, 2.75) is 290 Å². The van der Waals surface area contributed by atoms with Crippen LogP contribution in [0.15, 0.2) is 158 Å². The zero-order valence-electron chi connectivity index (χ0n) is 52.9. The SMILES string of the molecule is CC/C=C\C/C=C\C/C=C\C/C=C\C/C=C\C/C=C\C/C=C\C/C=C\C/C=C\C/C=C\CCCCCCC(=O)OCC(COC(=O)CCCCCCC/C=C\CCCCCC)OC(=O)CCCCCCC/C=C\C/C=C\CCCCCC. The maximum Gasteiger partial charge on any atom is 0.306 e. The van der Waals surface area contributed by atoms with E-state index in [9.17, 15) is 14.4 Å². The van der Waals surface area contributed by atoms with Gasteiger partial charge in [-0.2, -0.15) is 0 Å². The highest BCUT2D eigenvalue weighted by molar-refractivity contribution is 5.71. The van der Waals surface area contributed by atoms with Crippen LogP contribution < -0.4 is 0 Å². The normalized spacial score (nSPS) is 13.2. The molecular weight excluding hydrogens is 1010 g/mol. The number of allylic oxidation sites excluding steroid dienone is 26. The first-order valence-electron chi connectivity index (χ1n) is 33.5. The Morgan fingerprint density at radius 3 is 0.756 bits per heavy atom. The van der Waals surface area contributed by atoms with Gasteiger partial charge in [-0.05, 0) is 154 Å². The molecule has 0 fully saturated rings. The highest BCUT2D eigenvalue weighted by Crippen LogP contribution is 2.14. The van der Waals surface area contributed by atoms with Crippen LogP contribution >= 0.6 is 0 Å². The highest BCUT2D eigenvalue weighted by Gasteiger charge is 2.19. The second-order valence-corrected chi connectivity index (χ2v) is 21.6. The lowest BCUT2D eigenvalue weighted by atomic mass is 10.1. The Morgan fingerprint density at radius 2 is 0.476 bits per heavy atom. The van der Waals surface area contributed by atoms with Crippen LogP contribution in [0.1, 0.15) is 284 Å². The Morgan fingerprint density at radius 1 is 0.256 bits per heavy atom. The smallest absolute Gasteiger partial charge is 0.306 e. The number of hydrogen-bond acceptors (Lipinski definition) is 6. The Balaban J connectivity index is 4.35. The predicted molar refractivity (Wildman–Crippen MR) is 357 cm³/mol. The van der Waals surface area contributed by atoms with Crippen molar-refractivity contribution in [1.82, 2.24) is 0 Å². The van der Waals surface area contributed by atoms with E-state index in [4.69, 9.17) is 14.2 Å². The fourth-order valence-corrected chi connectivity index (χ4v) is 8.73. The molecule has 0 N–H and O–H groups in total. The van der Waals surface area contributed by atoms with Gasteiger partial charge in [0.2, 0.25) is 0 Å². The molecule has 0 heterocycles. The average molecular weight is 1130 g/mol. The van der Waals surface area contributed by atoms with E-state index in [2.05, 4.69) is 179 Å². The molecule has 0 aromatic rings. The topological polar surface area (TPSA) is 78.9 Å². The molecule has 0 aromatic carbocycles. The quantitative estimate of drug-likeness (QED) is 0.0261. The summed E-state index contributed by atoms with van der Waals surface area (Å²) in [5, 5.41) is 0. The molecule has 0 saturated heterocycles. The molecule has 6 nitrogen and oxygen atoms in total. The zero-order chi connectivity index (χ0) is 59.2. The van der Waals surface area contributed by atoms with Gasteiger partial charge in [-0.3, -0.25) is 14.4 Å². The lowest BCUT2D eigenvalue weighted by Gasteiger charge is -2.18. The van der Waals surface area contributed by atoms with E-state index >= 15 is 0 Å². The molecule has 0 spiro atoms. The Labute approximate surface area is 505 Å². The summed E-state index contributed by atoms with van der Waals surface area (Å²) < 4.78 is 16.9. The minimum Gasteiger partial charge on any atom is -0.462 e. The minimum atomic E-state index is -0.807. The summed E-state index contributed by atoms with van der Waals surface area (Å²) >= 11 is 0. The third-order valence-electron chi connectivity index (χ3n) is 13.7. The Hall–Kier alpha value is -4.97. The summed E-state index contributed by atoms with van der Waals surface area (Å²) in [6, 6.07) is 0. The second kappa shape index (κ2) is 68.5. The van der Waals surface area contributed by atoms with Gasteiger partial charge in [0, 0.05) is 19.3 Å². The molecule has 0 radical (unpaired) electrons. The molecule has 0 aliphatic heterocycles. The molecule has 6 heteroatoms. The zero-order valence-corrected chi connectivity index (χ0v) is 52.9. The van der Waals surface area contributed by atoms with Gasteiger partial charge in [0.1, 0.15) is 13.2 Å². The highest BCUT2D eigenvalue weighted by atomic mass is 16.6. The lowest BCUT2D eigenvalue weighted by Crippen LogP contribution is -2.30. The van der Waals surface area contributed by atoms with E-state index in [1.54, 1.807) is 0 Å². The van der Waals surface area contributed by atoms with E-state index in [1.165, 1.54) is 70.6 Å². The van der Waals surface area contributed by atoms with Crippen molar-refractivity contribution >= 4 is 17.9 Å². The van der Waals surface area contributed by atoms with Crippen LogP contribution in [0.4, 0.5) is 0 Å². The van der Waals surface area contributed by atoms with Crippen LogP contribution in [-0.4, -0.2) is 37.2 Å². The third-order valence-corrected chi connectivity index (χ3v) is 13.7. The maximum atomic E-state index is 12.9. The predicted octanol–water partition coefficient (Wildman–Crippen LogP) is 23.3. The van der Waals surface area contributed by atoms with Gasteiger partial charge in [-0.1, -0.05) is 269 Å². The molecule has 82 heavy (non-hydrogen) atoms. The van der Waals surface area contributed by atoms with Gasteiger partial charge in [-0.15, -0.1) is 0 Å². The summed E-state index contributed by atoms with van der Waals surface area (Å²) in [7, 11) is 0. The molecule has 1 atom stereocenters. The van der Waals surface area contributed by atoms with Crippen molar-refractivity contribution in [1.29, 1.82) is 0 Å². The average Bonchev–Trinajstić information content (AvgIpc) is 3.47. The lowest BCUT2D eigenvalue weighted by molar-refractivity contribution is -0.167. The fourth-order valence-electron chi connectivity index (χ4n) is 8.73. The van der Waals surface area contributed by atoms with Crippen LogP contribution in [0.3, 0.4) is 0 Å². The fraction of sp³-hybridized carbons (Fsp3) is 0.618. The van der Waals surface area contributed by atoms with E-state index in [-0.39, 0.29) is 31.1 Å². The summed E-state index contributed by atoms with van der Waals surface area (Å²) in [4.78, 5) is 38.3. The molecule has 0 aliphatic rings. The monoisotopic (exact) mass is 1130 g/mol. The molecule has 0 bridgehead atoms. The van der Waals surface area contributed by atoms with E-state index in [1.807, 2.05) is 0 Å². The van der Waals surface area contributed by atoms with Crippen LogP contribution in [-0.2, 0) is 28.6 Å². The van der Waals surface area contributed by atoms with Gasteiger partial charge < -0.3 is 14.2 Å². The number of ether oxygens (including phenoxy) is 3. The molecular formula is C76H122O6. The summed E-state index contributed by atoms with van der Waals surface area (Å²) in [6.07, 6.45) is 99.7. The summed E-state index contributed by atoms with van der Waals surface area (Å²) in [6.45, 7) is 6.45. The van der Waals surface area contributed by atoms with E-state index in [0.717, 1.165) is 173 Å². The van der Waals surface area contributed by atoms with Gasteiger partial charge in [0.05, 0.1) is 0 Å². The van der Waals surface area contributed by atoms with Crippen molar-refractivity contribution in [3.8, 4) is 0 Å². The van der Waals surface area contributed by atoms with Crippen LogP contribution in [0.5, 0.6) is 0 Å². The van der Waals surface area contributed by atoms with Crippen molar-refractivity contribution in [3.05, 3.63) is 158 Å². The summed E-state index contributed by atoms with van der Waals surface area (Å²) in [5.41, 5.74) is 0. The molecule has 462 valence electrons. The van der Waals surface area contributed by atoms with Crippen molar-refractivity contribution in [2.75, 3.05) is 13.2 Å². The number of hydrogen-bond donors (Lipinski definition) is 0. The van der Waals surface area contributed by atoms with Crippen molar-refractivity contribution in [2.24, 2.45) is 0 Å². The van der Waals surface area contributed by atoms with Gasteiger partial charge in [-0.25, -0.2) is 0 Å². The number of rotatable bonds is 59. The third kappa shape index (κ3) is 65.8. The van der Waals surface area contributed by atoms with Crippen LogP contribution in [0.25, 0.3) is 0 Å². The molecule has 0 amide bonds. The number of unbranched alkanes of at least 4 members (excludes halogenated alkanes) is 22. The first-order valence-corrected chi connectivity index (χ1v) is 33.5. The Kier molecular flexibility index (Phi) is 64.4. The van der Waals surface area contributed by atoms with Crippen LogP contribution in [0.2, 0.25) is 0 Å². The standard InChI is InChI=1S/C76H122O6/c1-4-7-10-13-16-19-22-25-27-29-30-31-32-33-34-35-36-37-38-39-40-41-42-43-44-45-46-47-49-51-54-57-60-63-66-69-75(78)81-72-73(71-80-74(77)68-65-62-59-56-53-50-24-21-18-15-12-9-6-3)82-76(79)70-67-64-61-58-55-52-48-28-26-23-20-17-14-11-8-5-2/h7,10,16,19-21,23-25,27-28,30-31,33-34,36-37,39-40,42-43,45-46,48-49,51,73H,4-6,8-9,11-15,17-18,22,26,29,32,35,38,41,44,47,50,52-72H2,1-3H3/b10-7-,19-16-,23-20-,24-21-,27-25-,31-30-,34-33-,37-36-,40-39-,43-42-,46-45-,48-28-,51-49-. The van der Waals surface area contributed by atoms with E-state index < -0.39 is 6.10 Å². The molecule has 0 rings (SSSR count). The van der Waals surface area contributed by atoms with Crippen LogP contribution in [0, 0.1) is 0 Å². The van der Waals surface area contributed by atoms with Gasteiger partial charge >= 0.3 is 17.9 Å². The largest absolute Gasteiger partial charge is 0.462 e. The molecule has 0 aromatic heterocycles. The summed E-state index contributed by atoms with van der Waals surface area (Å²) in [5.74, 6) is -0.950. The first kappa shape index (κ1) is 77.0. The Bertz CT molecular complexity index is 1830. The van der Waals surface area contributed by atoms with Gasteiger partial charge in [0.15, 0.2) is 6.10 Å². The maximum absolute atomic E-state index is 12.9. The molecule has 0 saturated carbocycles. The second-order valence-electron chi connectivity index (χ2n) is 21.6.